The zero-order valence-electron chi connectivity index (χ0n) is 21.5. The molecule has 0 aliphatic heterocycles. The van der Waals surface area contributed by atoms with E-state index in [0.29, 0.717) is 11.4 Å². The summed E-state index contributed by atoms with van der Waals surface area (Å²) in [6.07, 6.45) is 0.941. The number of nitrogens with zero attached hydrogens (tertiary/aromatic N) is 2. The normalized spacial score (nSPS) is 16.3. The standard InChI is InChI=1S/C23H48N4O2/c1-16(24-28)20(7,8)26-22(11,12)18(3,4)15-19(5,6)23(13,14)27-21(9,10)17(2)25-29/h26-29H,15H2,1-14H3/b24-16+,25-17+. The predicted molar refractivity (Wildman–Crippen MR) is 125 cm³/mol. The van der Waals surface area contributed by atoms with Crippen molar-refractivity contribution in [2.45, 2.75) is 126 Å². The highest BCUT2D eigenvalue weighted by molar-refractivity contribution is 5.90. The topological polar surface area (TPSA) is 89.2 Å². The van der Waals surface area contributed by atoms with Crippen molar-refractivity contribution in [1.29, 1.82) is 0 Å². The van der Waals surface area contributed by atoms with E-state index in [1.165, 1.54) is 0 Å². The van der Waals surface area contributed by atoms with Gasteiger partial charge in [-0.15, -0.1) is 0 Å². The molecule has 6 nitrogen and oxygen atoms in total. The van der Waals surface area contributed by atoms with Crippen molar-refractivity contribution >= 4 is 11.4 Å². The summed E-state index contributed by atoms with van der Waals surface area (Å²) in [4.78, 5) is 0. The molecule has 0 amide bonds. The van der Waals surface area contributed by atoms with Gasteiger partial charge in [-0.05, 0) is 86.5 Å². The van der Waals surface area contributed by atoms with E-state index in [1.807, 2.05) is 41.5 Å². The highest BCUT2D eigenvalue weighted by atomic mass is 16.4. The molecular weight excluding hydrogens is 364 g/mol. The SMILES string of the molecule is C/C(=N\O)C(C)(C)NC(C)(C)C(C)(C)CC(C)(C)C(C)(C)NC(C)(C)/C(C)=N/O. The molecular formula is C23H48N4O2. The monoisotopic (exact) mass is 412 g/mol. The highest BCUT2D eigenvalue weighted by Crippen LogP contribution is 2.47. The van der Waals surface area contributed by atoms with Crippen LogP contribution in [0, 0.1) is 10.8 Å². The first-order valence-electron chi connectivity index (χ1n) is 10.6. The number of hydrogen-bond acceptors (Lipinski definition) is 6. The van der Waals surface area contributed by atoms with Gasteiger partial charge in [-0.2, -0.15) is 0 Å². The third-order valence-corrected chi connectivity index (χ3v) is 7.63. The molecule has 0 aromatic heterocycles. The Hall–Kier alpha value is -1.14. The fourth-order valence-corrected chi connectivity index (χ4v) is 3.88. The van der Waals surface area contributed by atoms with Gasteiger partial charge in [0, 0.05) is 11.1 Å². The zero-order chi connectivity index (χ0) is 23.7. The molecule has 0 atom stereocenters. The van der Waals surface area contributed by atoms with E-state index < -0.39 is 11.1 Å². The van der Waals surface area contributed by atoms with Gasteiger partial charge in [0.25, 0.3) is 0 Å². The van der Waals surface area contributed by atoms with E-state index >= 15 is 0 Å². The van der Waals surface area contributed by atoms with Gasteiger partial charge in [0.1, 0.15) is 0 Å². The first-order valence-corrected chi connectivity index (χ1v) is 10.6. The van der Waals surface area contributed by atoms with Crippen molar-refractivity contribution in [2.24, 2.45) is 21.1 Å². The number of oxime groups is 2. The van der Waals surface area contributed by atoms with Crippen LogP contribution in [0.15, 0.2) is 10.3 Å². The molecule has 0 heterocycles. The van der Waals surface area contributed by atoms with Crippen molar-refractivity contribution < 1.29 is 10.4 Å². The van der Waals surface area contributed by atoms with Crippen molar-refractivity contribution in [1.82, 2.24) is 10.6 Å². The van der Waals surface area contributed by atoms with Crippen LogP contribution in [0.5, 0.6) is 0 Å². The quantitative estimate of drug-likeness (QED) is 0.219. The molecule has 0 bridgehead atoms. The van der Waals surface area contributed by atoms with E-state index in [9.17, 15) is 10.4 Å². The van der Waals surface area contributed by atoms with Crippen LogP contribution in [0.25, 0.3) is 0 Å². The van der Waals surface area contributed by atoms with Crippen LogP contribution in [-0.4, -0.2) is 44.0 Å². The first kappa shape index (κ1) is 27.9. The number of rotatable bonds is 10. The van der Waals surface area contributed by atoms with Crippen LogP contribution in [0.1, 0.15) is 103 Å². The Kier molecular flexibility index (Phi) is 8.20. The number of nitrogens with one attached hydrogen (secondary N) is 2. The third kappa shape index (κ3) is 6.42. The van der Waals surface area contributed by atoms with Crippen LogP contribution in [0.2, 0.25) is 0 Å². The summed E-state index contributed by atoms with van der Waals surface area (Å²) in [5.74, 6) is 0. The van der Waals surface area contributed by atoms with Crippen molar-refractivity contribution in [3.05, 3.63) is 0 Å². The van der Waals surface area contributed by atoms with Crippen molar-refractivity contribution in [2.75, 3.05) is 0 Å². The van der Waals surface area contributed by atoms with E-state index in [2.05, 4.69) is 76.3 Å². The molecule has 0 saturated carbocycles. The van der Waals surface area contributed by atoms with Gasteiger partial charge in [0.05, 0.1) is 22.5 Å². The second kappa shape index (κ2) is 8.54. The average Bonchev–Trinajstić information content (AvgIpc) is 2.49. The highest BCUT2D eigenvalue weighted by Gasteiger charge is 2.49. The molecule has 0 aliphatic rings. The molecule has 6 heteroatoms. The summed E-state index contributed by atoms with van der Waals surface area (Å²) in [5.41, 5.74) is -0.152. The van der Waals surface area contributed by atoms with Gasteiger partial charge in [-0.25, -0.2) is 0 Å². The minimum absolute atomic E-state index is 0.0767. The Labute approximate surface area is 179 Å². The summed E-state index contributed by atoms with van der Waals surface area (Å²) in [7, 11) is 0. The minimum Gasteiger partial charge on any atom is -0.411 e. The smallest absolute Gasteiger partial charge is 0.0734 e. The van der Waals surface area contributed by atoms with Gasteiger partial charge >= 0.3 is 0 Å². The van der Waals surface area contributed by atoms with Crippen LogP contribution >= 0.6 is 0 Å². The van der Waals surface area contributed by atoms with E-state index in [-0.39, 0.29) is 21.9 Å². The lowest BCUT2D eigenvalue weighted by molar-refractivity contribution is 0.0247. The van der Waals surface area contributed by atoms with Gasteiger partial charge in [0.2, 0.25) is 0 Å². The lowest BCUT2D eigenvalue weighted by Gasteiger charge is -2.54. The molecule has 0 radical (unpaired) electrons. The molecule has 0 rings (SSSR count). The molecule has 0 aromatic carbocycles. The maximum Gasteiger partial charge on any atom is 0.0734 e. The summed E-state index contributed by atoms with van der Waals surface area (Å²) >= 11 is 0. The Morgan fingerprint density at radius 1 is 0.586 bits per heavy atom. The molecule has 0 unspecified atom stereocenters. The third-order valence-electron chi connectivity index (χ3n) is 7.63. The predicted octanol–water partition coefficient (Wildman–Crippen LogP) is 5.42. The fourth-order valence-electron chi connectivity index (χ4n) is 3.88. The van der Waals surface area contributed by atoms with Gasteiger partial charge in [0.15, 0.2) is 0 Å². The summed E-state index contributed by atoms with van der Waals surface area (Å²) in [5, 5.41) is 32.8. The Bertz CT molecular complexity index is 573. The second-order valence-corrected chi connectivity index (χ2v) is 12.1. The van der Waals surface area contributed by atoms with Gasteiger partial charge in [-0.1, -0.05) is 38.0 Å². The molecule has 0 aromatic rings. The van der Waals surface area contributed by atoms with Gasteiger partial charge in [-0.3, -0.25) is 0 Å². The molecule has 0 saturated heterocycles. The zero-order valence-corrected chi connectivity index (χ0v) is 21.5. The Balaban J connectivity index is 5.77. The summed E-state index contributed by atoms with van der Waals surface area (Å²) in [6, 6.07) is 0. The molecule has 4 N–H and O–H groups in total. The molecule has 0 spiro atoms. The maximum absolute atomic E-state index is 9.25. The van der Waals surface area contributed by atoms with E-state index in [4.69, 9.17) is 0 Å². The maximum atomic E-state index is 9.25. The van der Waals surface area contributed by atoms with Crippen LogP contribution in [0.3, 0.4) is 0 Å². The summed E-state index contributed by atoms with van der Waals surface area (Å²) < 4.78 is 0. The van der Waals surface area contributed by atoms with Crippen LogP contribution < -0.4 is 10.6 Å². The Morgan fingerprint density at radius 2 is 0.828 bits per heavy atom. The van der Waals surface area contributed by atoms with E-state index in [0.717, 1.165) is 6.42 Å². The summed E-state index contributed by atoms with van der Waals surface area (Å²) in [6.45, 7) is 29.8. The van der Waals surface area contributed by atoms with Crippen molar-refractivity contribution in [3.63, 3.8) is 0 Å². The van der Waals surface area contributed by atoms with Crippen LogP contribution in [0.4, 0.5) is 0 Å². The molecule has 0 aliphatic carbocycles. The molecule has 172 valence electrons. The minimum atomic E-state index is -0.426. The lowest BCUT2D eigenvalue weighted by atomic mass is 9.59. The fraction of sp³-hybridized carbons (Fsp3) is 0.913. The second-order valence-electron chi connectivity index (χ2n) is 12.1. The molecule has 29 heavy (non-hydrogen) atoms. The first-order chi connectivity index (χ1) is 12.6. The Morgan fingerprint density at radius 3 is 1.03 bits per heavy atom. The average molecular weight is 413 g/mol. The number of hydrogen-bond donors (Lipinski definition) is 4. The van der Waals surface area contributed by atoms with Crippen LogP contribution in [-0.2, 0) is 0 Å². The largest absolute Gasteiger partial charge is 0.411 e. The van der Waals surface area contributed by atoms with Gasteiger partial charge < -0.3 is 21.0 Å². The lowest BCUT2D eigenvalue weighted by Crippen LogP contribution is -2.65. The van der Waals surface area contributed by atoms with E-state index in [1.54, 1.807) is 0 Å². The molecule has 0 fully saturated rings. The van der Waals surface area contributed by atoms with Crippen molar-refractivity contribution in [3.8, 4) is 0 Å².